The molecule has 1 heterocycles. The fourth-order valence-electron chi connectivity index (χ4n) is 1.93. The third-order valence-electron chi connectivity index (χ3n) is 2.81. The number of hydrogen-bond donors (Lipinski definition) is 1. The molecule has 0 bridgehead atoms. The van der Waals surface area contributed by atoms with E-state index in [0.717, 1.165) is 18.4 Å². The quantitative estimate of drug-likeness (QED) is 0.799. The highest BCUT2D eigenvalue weighted by molar-refractivity contribution is 5.74. The molecule has 1 aromatic rings. The largest absolute Gasteiger partial charge is 0.480 e. The van der Waals surface area contributed by atoms with E-state index in [1.165, 1.54) is 0 Å². The van der Waals surface area contributed by atoms with Crippen LogP contribution in [-0.4, -0.2) is 29.1 Å². The summed E-state index contributed by atoms with van der Waals surface area (Å²) < 4.78 is 4.96. The molecule has 2 rings (SSSR count). The maximum absolute atomic E-state index is 11.1. The summed E-state index contributed by atoms with van der Waals surface area (Å²) in [5.41, 5.74) is 1.02. The third-order valence-corrected chi connectivity index (χ3v) is 2.81. The van der Waals surface area contributed by atoms with Gasteiger partial charge >= 0.3 is 5.97 Å². The smallest absolute Gasteiger partial charge is 0.321 e. The maximum Gasteiger partial charge on any atom is 0.321 e. The van der Waals surface area contributed by atoms with E-state index in [2.05, 4.69) is 0 Å². The van der Waals surface area contributed by atoms with Gasteiger partial charge in [0, 0.05) is 12.1 Å². The van der Waals surface area contributed by atoms with Crippen molar-refractivity contribution in [3.63, 3.8) is 0 Å². The molecular formula is C11H15NO3. The van der Waals surface area contributed by atoms with E-state index >= 15 is 0 Å². The van der Waals surface area contributed by atoms with Gasteiger partial charge in [0.1, 0.15) is 6.04 Å². The second kappa shape index (κ2) is 4.06. The minimum atomic E-state index is -0.719. The van der Waals surface area contributed by atoms with Gasteiger partial charge in [-0.05, 0) is 31.9 Å². The highest BCUT2D eigenvalue weighted by Gasteiger charge is 2.38. The topological polar surface area (TPSA) is 53.7 Å². The Labute approximate surface area is 88.5 Å². The molecule has 0 saturated heterocycles. The number of carbonyl (C=O) groups is 1. The number of furan rings is 1. The average molecular weight is 209 g/mol. The lowest BCUT2D eigenvalue weighted by Crippen LogP contribution is -2.39. The van der Waals surface area contributed by atoms with Crippen LogP contribution in [0.1, 0.15) is 18.4 Å². The Balaban J connectivity index is 1.98. The third kappa shape index (κ3) is 2.39. The first-order valence-electron chi connectivity index (χ1n) is 5.12. The Hall–Kier alpha value is -1.29. The normalized spacial score (nSPS) is 18.0. The zero-order valence-electron chi connectivity index (χ0n) is 8.72. The number of carboxylic acids is 1. The highest BCUT2D eigenvalue weighted by Crippen LogP contribution is 2.35. The zero-order chi connectivity index (χ0) is 10.8. The number of aliphatic carboxylic acids is 1. The summed E-state index contributed by atoms with van der Waals surface area (Å²) in [6.07, 6.45) is 5.33. The summed E-state index contributed by atoms with van der Waals surface area (Å²) in [4.78, 5) is 13.0. The van der Waals surface area contributed by atoms with Crippen LogP contribution in [0.15, 0.2) is 23.0 Å². The minimum absolute atomic E-state index is 0.333. The van der Waals surface area contributed by atoms with Gasteiger partial charge in [0.15, 0.2) is 0 Å². The molecule has 0 radical (unpaired) electrons. The molecule has 1 N–H and O–H groups in total. The second-order valence-electron chi connectivity index (χ2n) is 4.17. The van der Waals surface area contributed by atoms with E-state index in [9.17, 15) is 4.79 Å². The standard InChI is InChI=1S/C11H15NO3/c1-12(6-8-4-5-15-7-8)10(11(13)14)9-2-3-9/h4-5,7,9-10H,2-3,6H2,1H3,(H,13,14). The second-order valence-corrected chi connectivity index (χ2v) is 4.17. The number of rotatable bonds is 5. The zero-order valence-corrected chi connectivity index (χ0v) is 8.72. The SMILES string of the molecule is CN(Cc1ccoc1)C(C(=O)O)C1CC1. The summed E-state index contributed by atoms with van der Waals surface area (Å²) in [7, 11) is 1.85. The van der Waals surface area contributed by atoms with Crippen LogP contribution in [0.4, 0.5) is 0 Å². The van der Waals surface area contributed by atoms with Crippen LogP contribution in [-0.2, 0) is 11.3 Å². The molecule has 1 unspecified atom stereocenters. The molecular weight excluding hydrogens is 194 g/mol. The van der Waals surface area contributed by atoms with Crippen LogP contribution in [0.3, 0.4) is 0 Å². The molecule has 1 aliphatic carbocycles. The Morgan fingerprint density at radius 3 is 2.93 bits per heavy atom. The maximum atomic E-state index is 11.1. The molecule has 1 atom stereocenters. The van der Waals surface area contributed by atoms with Crippen molar-refractivity contribution in [2.45, 2.75) is 25.4 Å². The van der Waals surface area contributed by atoms with Crippen LogP contribution in [0, 0.1) is 5.92 Å². The number of carboxylic acid groups (broad SMARTS) is 1. The van der Waals surface area contributed by atoms with E-state index in [1.807, 2.05) is 18.0 Å². The van der Waals surface area contributed by atoms with Gasteiger partial charge in [0.2, 0.25) is 0 Å². The molecule has 4 heteroatoms. The Morgan fingerprint density at radius 1 is 1.73 bits per heavy atom. The summed E-state index contributed by atoms with van der Waals surface area (Å²) in [6, 6.07) is 1.52. The minimum Gasteiger partial charge on any atom is -0.480 e. The molecule has 15 heavy (non-hydrogen) atoms. The van der Waals surface area contributed by atoms with Crippen LogP contribution in [0.25, 0.3) is 0 Å². The Bertz CT molecular complexity index is 330. The van der Waals surface area contributed by atoms with Gasteiger partial charge in [0.25, 0.3) is 0 Å². The van der Waals surface area contributed by atoms with Crippen molar-refractivity contribution in [2.75, 3.05) is 7.05 Å². The first-order valence-corrected chi connectivity index (χ1v) is 5.12. The van der Waals surface area contributed by atoms with Crippen molar-refractivity contribution in [1.82, 2.24) is 4.90 Å². The van der Waals surface area contributed by atoms with E-state index in [1.54, 1.807) is 12.5 Å². The molecule has 0 amide bonds. The van der Waals surface area contributed by atoms with Gasteiger partial charge in [-0.1, -0.05) is 0 Å². The van der Waals surface area contributed by atoms with E-state index in [0.29, 0.717) is 12.5 Å². The van der Waals surface area contributed by atoms with Crippen molar-refractivity contribution in [2.24, 2.45) is 5.92 Å². The predicted octanol–water partition coefficient (Wildman–Crippen LogP) is 1.57. The van der Waals surface area contributed by atoms with Crippen molar-refractivity contribution >= 4 is 5.97 Å². The van der Waals surface area contributed by atoms with Gasteiger partial charge < -0.3 is 9.52 Å². The average Bonchev–Trinajstić information content (AvgIpc) is 2.83. The van der Waals surface area contributed by atoms with Gasteiger partial charge in [-0.2, -0.15) is 0 Å². The van der Waals surface area contributed by atoms with E-state index in [-0.39, 0.29) is 6.04 Å². The summed E-state index contributed by atoms with van der Waals surface area (Å²) in [5, 5.41) is 9.12. The molecule has 0 spiro atoms. The lowest BCUT2D eigenvalue weighted by atomic mass is 10.1. The van der Waals surface area contributed by atoms with Crippen LogP contribution in [0.2, 0.25) is 0 Å². The van der Waals surface area contributed by atoms with Gasteiger partial charge in [-0.15, -0.1) is 0 Å². The number of nitrogens with zero attached hydrogens (tertiary/aromatic N) is 1. The lowest BCUT2D eigenvalue weighted by Gasteiger charge is -2.23. The molecule has 1 saturated carbocycles. The van der Waals surface area contributed by atoms with Gasteiger partial charge in [-0.25, -0.2) is 0 Å². The number of hydrogen-bond acceptors (Lipinski definition) is 3. The number of likely N-dealkylation sites (N-methyl/N-ethyl adjacent to an activating group) is 1. The van der Waals surface area contributed by atoms with Crippen molar-refractivity contribution in [3.8, 4) is 0 Å². The van der Waals surface area contributed by atoms with Crippen molar-refractivity contribution in [3.05, 3.63) is 24.2 Å². The highest BCUT2D eigenvalue weighted by atomic mass is 16.4. The lowest BCUT2D eigenvalue weighted by molar-refractivity contribution is -0.143. The molecule has 4 nitrogen and oxygen atoms in total. The fraction of sp³-hybridized carbons (Fsp3) is 0.545. The van der Waals surface area contributed by atoms with Crippen LogP contribution in [0.5, 0.6) is 0 Å². The molecule has 82 valence electrons. The van der Waals surface area contributed by atoms with Crippen molar-refractivity contribution < 1.29 is 14.3 Å². The first-order chi connectivity index (χ1) is 7.18. The van der Waals surface area contributed by atoms with Gasteiger partial charge in [-0.3, -0.25) is 9.69 Å². The Kier molecular flexibility index (Phi) is 2.77. The molecule has 1 aliphatic rings. The fourth-order valence-corrected chi connectivity index (χ4v) is 1.93. The Morgan fingerprint density at radius 2 is 2.47 bits per heavy atom. The van der Waals surface area contributed by atoms with E-state index in [4.69, 9.17) is 9.52 Å². The summed E-state index contributed by atoms with van der Waals surface area (Å²) in [6.45, 7) is 0.629. The van der Waals surface area contributed by atoms with Crippen LogP contribution < -0.4 is 0 Å². The predicted molar refractivity (Wildman–Crippen MR) is 54.3 cm³/mol. The van der Waals surface area contributed by atoms with Crippen molar-refractivity contribution in [1.29, 1.82) is 0 Å². The monoisotopic (exact) mass is 209 g/mol. The van der Waals surface area contributed by atoms with Crippen LogP contribution >= 0.6 is 0 Å². The van der Waals surface area contributed by atoms with E-state index < -0.39 is 5.97 Å². The first kappa shape index (κ1) is 10.2. The molecule has 1 aromatic heterocycles. The summed E-state index contributed by atoms with van der Waals surface area (Å²) >= 11 is 0. The molecule has 1 fully saturated rings. The molecule has 0 aliphatic heterocycles. The molecule has 0 aromatic carbocycles. The summed E-state index contributed by atoms with van der Waals surface area (Å²) in [5.74, 6) is -0.386. The van der Waals surface area contributed by atoms with Gasteiger partial charge in [0.05, 0.1) is 12.5 Å².